The number of ether oxygens (including phenoxy) is 1. The Balaban J connectivity index is 1.55. The van der Waals surface area contributed by atoms with Crippen LogP contribution in [0.25, 0.3) is 0 Å². The van der Waals surface area contributed by atoms with Crippen LogP contribution in [0.4, 0.5) is 5.69 Å². The number of benzene rings is 1. The second kappa shape index (κ2) is 6.48. The third-order valence-corrected chi connectivity index (χ3v) is 4.61. The van der Waals surface area contributed by atoms with E-state index in [-0.39, 0.29) is 18.6 Å². The summed E-state index contributed by atoms with van der Waals surface area (Å²) in [5.41, 5.74) is 1.97. The third kappa shape index (κ3) is 3.56. The van der Waals surface area contributed by atoms with E-state index in [2.05, 4.69) is 23.6 Å². The lowest BCUT2D eigenvalue weighted by molar-refractivity contribution is -0.118. The highest BCUT2D eigenvalue weighted by atomic mass is 16.5. The van der Waals surface area contributed by atoms with E-state index in [9.17, 15) is 4.79 Å². The molecule has 1 fully saturated rings. The fourth-order valence-electron chi connectivity index (χ4n) is 3.29. The number of carbonyl (C=O) groups is 1. The van der Waals surface area contributed by atoms with Crippen molar-refractivity contribution in [3.8, 4) is 5.75 Å². The zero-order chi connectivity index (χ0) is 14.7. The Kier molecular flexibility index (Phi) is 4.44. The lowest BCUT2D eigenvalue weighted by Gasteiger charge is -2.21. The number of carbonyl (C=O) groups excluding carboxylic acids is 1. The van der Waals surface area contributed by atoms with Gasteiger partial charge in [0.1, 0.15) is 5.75 Å². The van der Waals surface area contributed by atoms with Crippen LogP contribution < -0.4 is 15.4 Å². The van der Waals surface area contributed by atoms with Crippen LogP contribution in [0.2, 0.25) is 0 Å². The van der Waals surface area contributed by atoms with Crippen LogP contribution in [0.5, 0.6) is 5.75 Å². The van der Waals surface area contributed by atoms with Gasteiger partial charge in [-0.1, -0.05) is 31.7 Å². The lowest BCUT2D eigenvalue weighted by atomic mass is 10.0. The van der Waals surface area contributed by atoms with Gasteiger partial charge in [0, 0.05) is 6.04 Å². The second-order valence-corrected chi connectivity index (χ2v) is 6.21. The number of rotatable bonds is 5. The van der Waals surface area contributed by atoms with Gasteiger partial charge < -0.3 is 15.4 Å². The molecule has 1 aliphatic carbocycles. The summed E-state index contributed by atoms with van der Waals surface area (Å²) in [6.45, 7) is 3.34. The quantitative estimate of drug-likeness (QED) is 0.874. The van der Waals surface area contributed by atoms with Crippen molar-refractivity contribution in [2.75, 3.05) is 18.5 Å². The third-order valence-electron chi connectivity index (χ3n) is 4.61. The summed E-state index contributed by atoms with van der Waals surface area (Å²) in [5, 5.41) is 6.45. The minimum absolute atomic E-state index is 0.0819. The van der Waals surface area contributed by atoms with Gasteiger partial charge in [0.2, 0.25) is 0 Å². The van der Waals surface area contributed by atoms with Crippen molar-refractivity contribution in [2.45, 2.75) is 45.1 Å². The van der Waals surface area contributed by atoms with Crippen LogP contribution in [0, 0.1) is 5.92 Å². The number of hydrogen-bond acceptors (Lipinski definition) is 3. The summed E-state index contributed by atoms with van der Waals surface area (Å²) in [4.78, 5) is 11.4. The molecule has 3 rings (SSSR count). The molecule has 114 valence electrons. The summed E-state index contributed by atoms with van der Waals surface area (Å²) in [7, 11) is 0. The summed E-state index contributed by atoms with van der Waals surface area (Å²) in [6, 6.07) is 6.32. The van der Waals surface area contributed by atoms with Gasteiger partial charge in [0.15, 0.2) is 6.61 Å². The number of hydrogen-bond donors (Lipinski definition) is 2. The molecule has 0 bridgehead atoms. The molecule has 0 aromatic heterocycles. The fraction of sp³-hybridized carbons (Fsp3) is 0.588. The van der Waals surface area contributed by atoms with Crippen molar-refractivity contribution in [3.05, 3.63) is 23.8 Å². The van der Waals surface area contributed by atoms with Crippen molar-refractivity contribution < 1.29 is 9.53 Å². The molecule has 4 heteroatoms. The van der Waals surface area contributed by atoms with Crippen LogP contribution in [-0.2, 0) is 4.79 Å². The average Bonchev–Trinajstić information content (AvgIpc) is 2.99. The summed E-state index contributed by atoms with van der Waals surface area (Å²) >= 11 is 0. The van der Waals surface area contributed by atoms with Gasteiger partial charge in [0.05, 0.1) is 5.69 Å². The normalized spacial score (nSPS) is 19.8. The van der Waals surface area contributed by atoms with Gasteiger partial charge in [-0.25, -0.2) is 0 Å². The molecule has 4 nitrogen and oxygen atoms in total. The number of fused-ring (bicyclic) bond motifs is 1. The Bertz CT molecular complexity index is 510. The maximum Gasteiger partial charge on any atom is 0.262 e. The highest BCUT2D eigenvalue weighted by molar-refractivity contribution is 5.95. The first-order valence-corrected chi connectivity index (χ1v) is 8.02. The van der Waals surface area contributed by atoms with Crippen LogP contribution in [0.3, 0.4) is 0 Å². The molecule has 0 spiro atoms. The summed E-state index contributed by atoms with van der Waals surface area (Å²) in [6.07, 6.45) is 6.89. The molecular formula is C17H24N2O2. The van der Waals surface area contributed by atoms with E-state index in [0.717, 1.165) is 23.9 Å². The number of anilines is 1. The van der Waals surface area contributed by atoms with Gasteiger partial charge in [-0.15, -0.1) is 0 Å². The van der Waals surface area contributed by atoms with Crippen molar-refractivity contribution in [1.82, 2.24) is 5.32 Å². The van der Waals surface area contributed by atoms with Crippen molar-refractivity contribution in [2.24, 2.45) is 5.92 Å². The maximum atomic E-state index is 11.4. The topological polar surface area (TPSA) is 50.4 Å². The molecule has 1 aromatic carbocycles. The first-order chi connectivity index (χ1) is 10.2. The van der Waals surface area contributed by atoms with E-state index >= 15 is 0 Å². The zero-order valence-corrected chi connectivity index (χ0v) is 12.7. The molecule has 1 saturated carbocycles. The lowest BCUT2D eigenvalue weighted by Crippen LogP contribution is -2.26. The van der Waals surface area contributed by atoms with E-state index in [1.807, 2.05) is 12.1 Å². The second-order valence-electron chi connectivity index (χ2n) is 6.21. The van der Waals surface area contributed by atoms with Crippen LogP contribution >= 0.6 is 0 Å². The molecule has 21 heavy (non-hydrogen) atoms. The molecular weight excluding hydrogens is 264 g/mol. The molecule has 1 aliphatic heterocycles. The molecule has 1 amide bonds. The Labute approximate surface area is 126 Å². The smallest absolute Gasteiger partial charge is 0.262 e. The van der Waals surface area contributed by atoms with Gasteiger partial charge in [-0.05, 0) is 43.5 Å². The zero-order valence-electron chi connectivity index (χ0n) is 12.7. The molecule has 1 unspecified atom stereocenters. The predicted octanol–water partition coefficient (Wildman–Crippen LogP) is 3.25. The molecule has 1 heterocycles. The van der Waals surface area contributed by atoms with Gasteiger partial charge in [-0.3, -0.25) is 4.79 Å². The Hall–Kier alpha value is -1.55. The van der Waals surface area contributed by atoms with Crippen LogP contribution in [0.15, 0.2) is 18.2 Å². The van der Waals surface area contributed by atoms with Gasteiger partial charge >= 0.3 is 0 Å². The van der Waals surface area contributed by atoms with E-state index < -0.39 is 0 Å². The highest BCUT2D eigenvalue weighted by Crippen LogP contribution is 2.31. The maximum absolute atomic E-state index is 11.4. The Morgan fingerprint density at radius 1 is 1.38 bits per heavy atom. The van der Waals surface area contributed by atoms with E-state index in [0.29, 0.717) is 0 Å². The van der Waals surface area contributed by atoms with E-state index in [1.54, 1.807) is 0 Å². The van der Waals surface area contributed by atoms with Gasteiger partial charge in [-0.2, -0.15) is 0 Å². The summed E-state index contributed by atoms with van der Waals surface area (Å²) in [5.74, 6) is 1.60. The predicted molar refractivity (Wildman–Crippen MR) is 83.6 cm³/mol. The number of nitrogens with one attached hydrogen (secondary N) is 2. The average molecular weight is 288 g/mol. The molecule has 0 radical (unpaired) electrons. The summed E-state index contributed by atoms with van der Waals surface area (Å²) < 4.78 is 5.39. The Morgan fingerprint density at radius 2 is 2.19 bits per heavy atom. The molecule has 2 N–H and O–H groups in total. The molecule has 1 atom stereocenters. The first-order valence-electron chi connectivity index (χ1n) is 8.02. The fourth-order valence-corrected chi connectivity index (χ4v) is 3.29. The SMILES string of the molecule is CC(NCCC1CCCC1)c1ccc2c(c1)NC(=O)CO2. The van der Waals surface area contributed by atoms with Crippen LogP contribution in [-0.4, -0.2) is 19.1 Å². The molecule has 0 saturated heterocycles. The standard InChI is InChI=1S/C17H24N2O2/c1-12(18-9-8-13-4-2-3-5-13)14-6-7-16-15(10-14)19-17(20)11-21-16/h6-7,10,12-13,18H,2-5,8-9,11H2,1H3,(H,19,20). The first kappa shape index (κ1) is 14.4. The monoisotopic (exact) mass is 288 g/mol. The number of amides is 1. The largest absolute Gasteiger partial charge is 0.482 e. The van der Waals surface area contributed by atoms with Crippen LogP contribution in [0.1, 0.15) is 50.6 Å². The van der Waals surface area contributed by atoms with Gasteiger partial charge in [0.25, 0.3) is 5.91 Å². The Morgan fingerprint density at radius 3 is 3.00 bits per heavy atom. The van der Waals surface area contributed by atoms with Crippen molar-refractivity contribution >= 4 is 11.6 Å². The van der Waals surface area contributed by atoms with E-state index in [1.165, 1.54) is 37.7 Å². The molecule has 1 aromatic rings. The highest BCUT2D eigenvalue weighted by Gasteiger charge is 2.18. The van der Waals surface area contributed by atoms with E-state index in [4.69, 9.17) is 4.74 Å². The molecule has 2 aliphatic rings. The van der Waals surface area contributed by atoms with Crippen molar-refractivity contribution in [3.63, 3.8) is 0 Å². The minimum Gasteiger partial charge on any atom is -0.482 e. The van der Waals surface area contributed by atoms with Crippen molar-refractivity contribution in [1.29, 1.82) is 0 Å². The minimum atomic E-state index is -0.0819.